The van der Waals surface area contributed by atoms with Gasteiger partial charge in [0.25, 0.3) is 0 Å². The normalized spacial score (nSPS) is 18.8. The lowest BCUT2D eigenvalue weighted by Gasteiger charge is -2.22. The molecule has 0 radical (unpaired) electrons. The van der Waals surface area contributed by atoms with Gasteiger partial charge in [-0.3, -0.25) is 4.98 Å². The van der Waals surface area contributed by atoms with Crippen LogP contribution in [0.2, 0.25) is 0 Å². The Bertz CT molecular complexity index is 727. The highest BCUT2D eigenvalue weighted by Gasteiger charge is 2.27. The Morgan fingerprint density at radius 1 is 1.40 bits per heavy atom. The van der Waals surface area contributed by atoms with Gasteiger partial charge in [0.2, 0.25) is 10.0 Å². The standard InChI is InChI=1S/C13H13BrN2O3S/c14-9-6-10(8-15-7-9)20(17,18)16-12-2-1-3-13-11(12)4-5-19-13/h4-8,12,16H,1-3H2. The molecule has 0 spiro atoms. The molecule has 2 heterocycles. The van der Waals surface area contributed by atoms with E-state index in [0.29, 0.717) is 4.47 Å². The molecule has 1 aliphatic rings. The number of rotatable bonds is 3. The zero-order chi connectivity index (χ0) is 14.2. The van der Waals surface area contributed by atoms with Gasteiger partial charge in [-0.1, -0.05) is 0 Å². The highest BCUT2D eigenvalue weighted by Crippen LogP contribution is 2.31. The second-order valence-corrected chi connectivity index (χ2v) is 7.33. The molecule has 20 heavy (non-hydrogen) atoms. The van der Waals surface area contributed by atoms with Crippen LogP contribution in [0.25, 0.3) is 0 Å². The molecule has 0 aromatic carbocycles. The monoisotopic (exact) mass is 356 g/mol. The van der Waals surface area contributed by atoms with Gasteiger partial charge in [-0.15, -0.1) is 0 Å². The SMILES string of the molecule is O=S(=O)(NC1CCCc2occc21)c1cncc(Br)c1. The molecule has 1 atom stereocenters. The molecule has 1 unspecified atom stereocenters. The van der Waals surface area contributed by atoms with E-state index in [-0.39, 0.29) is 10.9 Å². The van der Waals surface area contributed by atoms with E-state index in [2.05, 4.69) is 25.6 Å². The van der Waals surface area contributed by atoms with E-state index in [4.69, 9.17) is 4.42 Å². The minimum absolute atomic E-state index is 0.155. The number of sulfonamides is 1. The van der Waals surface area contributed by atoms with Crippen LogP contribution >= 0.6 is 15.9 Å². The molecule has 0 aliphatic heterocycles. The third kappa shape index (κ3) is 2.65. The minimum atomic E-state index is -3.59. The summed E-state index contributed by atoms with van der Waals surface area (Å²) in [5.74, 6) is 0.872. The first kappa shape index (κ1) is 13.8. The van der Waals surface area contributed by atoms with Gasteiger partial charge < -0.3 is 4.42 Å². The van der Waals surface area contributed by atoms with Crippen molar-refractivity contribution in [2.45, 2.75) is 30.2 Å². The van der Waals surface area contributed by atoms with Crippen molar-refractivity contribution in [1.82, 2.24) is 9.71 Å². The Morgan fingerprint density at radius 3 is 3.05 bits per heavy atom. The molecule has 0 saturated heterocycles. The van der Waals surface area contributed by atoms with Crippen molar-refractivity contribution in [3.05, 3.63) is 46.6 Å². The molecule has 0 saturated carbocycles. The average molecular weight is 357 g/mol. The number of aromatic nitrogens is 1. The summed E-state index contributed by atoms with van der Waals surface area (Å²) in [6.07, 6.45) is 7.04. The van der Waals surface area contributed by atoms with Crippen LogP contribution in [0.15, 0.2) is 44.6 Å². The molecular weight excluding hydrogens is 344 g/mol. The molecule has 1 aliphatic carbocycles. The zero-order valence-electron chi connectivity index (χ0n) is 10.5. The van der Waals surface area contributed by atoms with Crippen molar-refractivity contribution in [1.29, 1.82) is 0 Å². The second-order valence-electron chi connectivity index (χ2n) is 4.70. The third-order valence-corrected chi connectivity index (χ3v) is 5.21. The number of fused-ring (bicyclic) bond motifs is 1. The van der Waals surface area contributed by atoms with Gasteiger partial charge in [0.15, 0.2) is 0 Å². The Kier molecular flexibility index (Phi) is 3.66. The van der Waals surface area contributed by atoms with Crippen molar-refractivity contribution in [3.8, 4) is 0 Å². The van der Waals surface area contributed by atoms with E-state index in [1.165, 1.54) is 12.3 Å². The van der Waals surface area contributed by atoms with Crippen LogP contribution in [0, 0.1) is 0 Å². The summed E-state index contributed by atoms with van der Waals surface area (Å²) in [5, 5.41) is 0. The summed E-state index contributed by atoms with van der Waals surface area (Å²) in [5.41, 5.74) is 0.933. The molecule has 0 fully saturated rings. The van der Waals surface area contributed by atoms with Crippen LogP contribution in [0.5, 0.6) is 0 Å². The molecule has 3 rings (SSSR count). The lowest BCUT2D eigenvalue weighted by molar-refractivity contribution is 0.438. The number of hydrogen-bond acceptors (Lipinski definition) is 4. The molecule has 0 amide bonds. The van der Waals surface area contributed by atoms with Gasteiger partial charge in [0.05, 0.1) is 12.3 Å². The Morgan fingerprint density at radius 2 is 2.25 bits per heavy atom. The van der Waals surface area contributed by atoms with E-state index in [1.54, 1.807) is 12.5 Å². The van der Waals surface area contributed by atoms with Gasteiger partial charge in [-0.05, 0) is 40.9 Å². The average Bonchev–Trinajstić information content (AvgIpc) is 2.88. The third-order valence-electron chi connectivity index (χ3n) is 3.34. The van der Waals surface area contributed by atoms with Crippen molar-refractivity contribution in [3.63, 3.8) is 0 Å². The lowest BCUT2D eigenvalue weighted by atomic mass is 9.94. The summed E-state index contributed by atoms with van der Waals surface area (Å²) >= 11 is 3.23. The maximum atomic E-state index is 12.4. The largest absolute Gasteiger partial charge is 0.469 e. The van der Waals surface area contributed by atoms with E-state index in [9.17, 15) is 8.42 Å². The number of nitrogens with one attached hydrogen (secondary N) is 1. The summed E-state index contributed by atoms with van der Waals surface area (Å²) in [7, 11) is -3.59. The summed E-state index contributed by atoms with van der Waals surface area (Å²) in [4.78, 5) is 4.05. The number of furan rings is 1. The lowest BCUT2D eigenvalue weighted by Crippen LogP contribution is -2.30. The first-order valence-electron chi connectivity index (χ1n) is 6.25. The van der Waals surface area contributed by atoms with Crippen molar-refractivity contribution in [2.75, 3.05) is 0 Å². The molecule has 7 heteroatoms. The first-order valence-corrected chi connectivity index (χ1v) is 8.53. The fourth-order valence-electron chi connectivity index (χ4n) is 2.40. The smallest absolute Gasteiger partial charge is 0.242 e. The topological polar surface area (TPSA) is 72.2 Å². The van der Waals surface area contributed by atoms with E-state index in [1.807, 2.05) is 6.07 Å². The quantitative estimate of drug-likeness (QED) is 0.917. The van der Waals surface area contributed by atoms with Crippen molar-refractivity contribution >= 4 is 26.0 Å². The van der Waals surface area contributed by atoms with Crippen LogP contribution in [0.3, 0.4) is 0 Å². The van der Waals surface area contributed by atoms with E-state index >= 15 is 0 Å². The highest BCUT2D eigenvalue weighted by atomic mass is 79.9. The predicted octanol–water partition coefficient (Wildman–Crippen LogP) is 2.79. The Balaban J connectivity index is 1.89. The second kappa shape index (κ2) is 5.31. The summed E-state index contributed by atoms with van der Waals surface area (Å²) < 4.78 is 33.5. The Hall–Kier alpha value is -1.18. The van der Waals surface area contributed by atoms with E-state index in [0.717, 1.165) is 30.6 Å². The fraction of sp³-hybridized carbons (Fsp3) is 0.308. The maximum absolute atomic E-state index is 12.4. The summed E-state index contributed by atoms with van der Waals surface area (Å²) in [6, 6.07) is 3.14. The van der Waals surface area contributed by atoms with Gasteiger partial charge >= 0.3 is 0 Å². The van der Waals surface area contributed by atoms with Gasteiger partial charge in [-0.25, -0.2) is 13.1 Å². The molecule has 2 aromatic rings. The minimum Gasteiger partial charge on any atom is -0.469 e. The van der Waals surface area contributed by atoms with Gasteiger partial charge in [0, 0.05) is 28.9 Å². The first-order chi connectivity index (χ1) is 9.56. The van der Waals surface area contributed by atoms with Gasteiger partial charge in [-0.2, -0.15) is 0 Å². The number of hydrogen-bond donors (Lipinski definition) is 1. The zero-order valence-corrected chi connectivity index (χ0v) is 12.9. The Labute approximate surface area is 125 Å². The highest BCUT2D eigenvalue weighted by molar-refractivity contribution is 9.10. The summed E-state index contributed by atoms with van der Waals surface area (Å²) in [6.45, 7) is 0. The van der Waals surface area contributed by atoms with Gasteiger partial charge in [0.1, 0.15) is 10.7 Å². The fourth-order valence-corrected chi connectivity index (χ4v) is 4.16. The van der Waals surface area contributed by atoms with Crippen molar-refractivity contribution in [2.24, 2.45) is 0 Å². The number of halogens is 1. The molecule has 106 valence electrons. The van der Waals surface area contributed by atoms with Crippen molar-refractivity contribution < 1.29 is 12.8 Å². The van der Waals surface area contributed by atoms with E-state index < -0.39 is 10.0 Å². The van der Waals surface area contributed by atoms with Crippen LogP contribution in [-0.2, 0) is 16.4 Å². The predicted molar refractivity (Wildman–Crippen MR) is 76.6 cm³/mol. The number of aryl methyl sites for hydroxylation is 1. The molecular formula is C13H13BrN2O3S. The molecule has 5 nitrogen and oxygen atoms in total. The van der Waals surface area contributed by atoms with Crippen LogP contribution < -0.4 is 4.72 Å². The number of pyridine rings is 1. The van der Waals surface area contributed by atoms with Crippen LogP contribution in [0.1, 0.15) is 30.2 Å². The maximum Gasteiger partial charge on any atom is 0.242 e. The molecule has 1 N–H and O–H groups in total. The van der Waals surface area contributed by atoms with Crippen LogP contribution in [-0.4, -0.2) is 13.4 Å². The molecule has 2 aromatic heterocycles. The molecule has 0 bridgehead atoms. The van der Waals surface area contributed by atoms with Crippen LogP contribution in [0.4, 0.5) is 0 Å². The number of nitrogens with zero attached hydrogens (tertiary/aromatic N) is 1.